The highest BCUT2D eigenvalue weighted by Crippen LogP contribution is 2.36. The molecular formula is C14H15Br2NO4. The van der Waals surface area contributed by atoms with Crippen molar-refractivity contribution in [3.63, 3.8) is 0 Å². The molecule has 1 aromatic rings. The van der Waals surface area contributed by atoms with Crippen LogP contribution in [0.4, 0.5) is 5.69 Å². The van der Waals surface area contributed by atoms with Crippen LogP contribution < -0.4 is 10.1 Å². The molecule has 0 spiro atoms. The van der Waals surface area contributed by atoms with Gasteiger partial charge in [-0.3, -0.25) is 9.59 Å². The molecule has 21 heavy (non-hydrogen) atoms. The average molecular weight is 421 g/mol. The number of nitrogens with one attached hydrogen (secondary N) is 1. The van der Waals surface area contributed by atoms with Crippen molar-refractivity contribution in [1.82, 2.24) is 0 Å². The Morgan fingerprint density at radius 1 is 1.24 bits per heavy atom. The van der Waals surface area contributed by atoms with Crippen molar-refractivity contribution in [2.75, 3.05) is 12.4 Å². The van der Waals surface area contributed by atoms with E-state index < -0.39 is 11.9 Å². The summed E-state index contributed by atoms with van der Waals surface area (Å²) in [4.78, 5) is 23.2. The Kier molecular flexibility index (Phi) is 5.27. The summed E-state index contributed by atoms with van der Waals surface area (Å²) in [7, 11) is 1.55. The Hall–Kier alpha value is -1.08. The molecule has 0 bridgehead atoms. The topological polar surface area (TPSA) is 75.6 Å². The van der Waals surface area contributed by atoms with Crippen LogP contribution in [-0.4, -0.2) is 24.1 Å². The van der Waals surface area contributed by atoms with Crippen LogP contribution in [-0.2, 0) is 9.59 Å². The van der Waals surface area contributed by atoms with E-state index in [1.54, 1.807) is 19.2 Å². The Labute approximate surface area is 139 Å². The zero-order chi connectivity index (χ0) is 15.6. The zero-order valence-corrected chi connectivity index (χ0v) is 14.5. The molecule has 0 aromatic heterocycles. The Bertz CT molecular complexity index is 576. The standard InChI is InChI=1S/C14H15Br2NO4/c1-21-12-6-11(9(15)5-10(12)16)17-13(18)7-2-3-8(4-7)14(19)20/h5-8H,2-4H2,1H3,(H,17,18)(H,19,20)/t7-,8+/m1/s1. The van der Waals surface area contributed by atoms with Crippen molar-refractivity contribution in [1.29, 1.82) is 0 Å². The number of ether oxygens (including phenoxy) is 1. The van der Waals surface area contributed by atoms with Gasteiger partial charge in [-0.15, -0.1) is 0 Å². The van der Waals surface area contributed by atoms with E-state index in [1.165, 1.54) is 0 Å². The molecular weight excluding hydrogens is 406 g/mol. The fourth-order valence-corrected chi connectivity index (χ4v) is 3.72. The van der Waals surface area contributed by atoms with Crippen molar-refractivity contribution >= 4 is 49.4 Å². The number of hydrogen-bond acceptors (Lipinski definition) is 3. The quantitative estimate of drug-likeness (QED) is 0.779. The number of benzene rings is 1. The maximum absolute atomic E-state index is 12.2. The number of carboxylic acid groups (broad SMARTS) is 1. The van der Waals surface area contributed by atoms with E-state index in [0.29, 0.717) is 30.7 Å². The summed E-state index contributed by atoms with van der Waals surface area (Å²) in [5, 5.41) is 11.8. The first-order valence-electron chi connectivity index (χ1n) is 6.49. The fourth-order valence-electron chi connectivity index (χ4n) is 2.46. The number of methoxy groups -OCH3 is 1. The Morgan fingerprint density at radius 2 is 1.90 bits per heavy atom. The molecule has 2 rings (SSSR count). The molecule has 5 nitrogen and oxygen atoms in total. The van der Waals surface area contributed by atoms with Crippen LogP contribution in [0.3, 0.4) is 0 Å². The van der Waals surface area contributed by atoms with Gasteiger partial charge in [0.15, 0.2) is 0 Å². The first kappa shape index (κ1) is 16.3. The van der Waals surface area contributed by atoms with Crippen molar-refractivity contribution < 1.29 is 19.4 Å². The Balaban J connectivity index is 2.08. The maximum Gasteiger partial charge on any atom is 0.306 e. The molecule has 0 unspecified atom stereocenters. The lowest BCUT2D eigenvalue weighted by molar-refractivity contribution is -0.141. The molecule has 0 heterocycles. The van der Waals surface area contributed by atoms with Gasteiger partial charge >= 0.3 is 5.97 Å². The second kappa shape index (κ2) is 6.79. The summed E-state index contributed by atoms with van der Waals surface area (Å²) in [6.45, 7) is 0. The summed E-state index contributed by atoms with van der Waals surface area (Å²) in [5.74, 6) is -1.03. The molecule has 0 aliphatic heterocycles. The third-order valence-corrected chi connectivity index (χ3v) is 4.93. The van der Waals surface area contributed by atoms with Crippen molar-refractivity contribution in [2.45, 2.75) is 19.3 Å². The Morgan fingerprint density at radius 3 is 2.48 bits per heavy atom. The number of carbonyl (C=O) groups is 2. The minimum atomic E-state index is -0.822. The summed E-state index contributed by atoms with van der Waals surface area (Å²) < 4.78 is 6.71. The van der Waals surface area contributed by atoms with Crippen LogP contribution in [0, 0.1) is 11.8 Å². The largest absolute Gasteiger partial charge is 0.495 e. The van der Waals surface area contributed by atoms with Crippen LogP contribution in [0.15, 0.2) is 21.1 Å². The van der Waals surface area contributed by atoms with E-state index in [2.05, 4.69) is 37.2 Å². The number of hydrogen-bond donors (Lipinski definition) is 2. The third-order valence-electron chi connectivity index (χ3n) is 3.65. The van der Waals surface area contributed by atoms with Gasteiger partial charge in [-0.1, -0.05) is 0 Å². The molecule has 1 fully saturated rings. The lowest BCUT2D eigenvalue weighted by atomic mass is 10.0. The smallest absolute Gasteiger partial charge is 0.306 e. The molecule has 1 aromatic carbocycles. The predicted octanol–water partition coefficient (Wildman–Crippen LogP) is 3.66. The number of amides is 1. The highest BCUT2D eigenvalue weighted by atomic mass is 79.9. The summed E-state index contributed by atoms with van der Waals surface area (Å²) in [5.41, 5.74) is 0.610. The van der Waals surface area contributed by atoms with Crippen molar-refractivity contribution in [2.24, 2.45) is 11.8 Å². The second-order valence-electron chi connectivity index (χ2n) is 5.00. The van der Waals surface area contributed by atoms with E-state index in [4.69, 9.17) is 9.84 Å². The molecule has 1 saturated carbocycles. The van der Waals surface area contributed by atoms with Gasteiger partial charge in [-0.25, -0.2) is 0 Å². The van der Waals surface area contributed by atoms with Gasteiger partial charge in [0.25, 0.3) is 0 Å². The van der Waals surface area contributed by atoms with E-state index in [9.17, 15) is 9.59 Å². The van der Waals surface area contributed by atoms with Crippen LogP contribution in [0.5, 0.6) is 5.75 Å². The highest BCUT2D eigenvalue weighted by molar-refractivity contribution is 9.11. The van der Waals surface area contributed by atoms with Crippen LogP contribution in [0.1, 0.15) is 19.3 Å². The normalized spacial score (nSPS) is 21.1. The minimum absolute atomic E-state index is 0.149. The van der Waals surface area contributed by atoms with Gasteiger partial charge in [0.2, 0.25) is 5.91 Å². The molecule has 7 heteroatoms. The first-order valence-corrected chi connectivity index (χ1v) is 8.07. The van der Waals surface area contributed by atoms with Gasteiger partial charge in [-0.05, 0) is 57.2 Å². The number of halogens is 2. The fraction of sp³-hybridized carbons (Fsp3) is 0.429. The van der Waals surface area contributed by atoms with Gasteiger partial charge in [0.1, 0.15) is 5.75 Å². The number of carboxylic acids is 1. The van der Waals surface area contributed by atoms with Gasteiger partial charge in [0.05, 0.1) is 23.2 Å². The van der Waals surface area contributed by atoms with Crippen LogP contribution in [0.25, 0.3) is 0 Å². The van der Waals surface area contributed by atoms with Crippen molar-refractivity contribution in [3.05, 3.63) is 21.1 Å². The molecule has 2 atom stereocenters. The lowest BCUT2D eigenvalue weighted by Crippen LogP contribution is -2.22. The molecule has 0 radical (unpaired) electrons. The number of aliphatic carboxylic acids is 1. The van der Waals surface area contributed by atoms with E-state index in [1.807, 2.05) is 0 Å². The van der Waals surface area contributed by atoms with Gasteiger partial charge < -0.3 is 15.2 Å². The number of rotatable bonds is 4. The van der Waals surface area contributed by atoms with Crippen LogP contribution >= 0.6 is 31.9 Å². The molecule has 1 amide bonds. The maximum atomic E-state index is 12.2. The lowest BCUT2D eigenvalue weighted by Gasteiger charge is -2.14. The predicted molar refractivity (Wildman–Crippen MR) is 85.5 cm³/mol. The first-order chi connectivity index (χ1) is 9.92. The van der Waals surface area contributed by atoms with Gasteiger partial charge in [-0.2, -0.15) is 0 Å². The molecule has 114 valence electrons. The summed E-state index contributed by atoms with van der Waals surface area (Å²) in [6, 6.07) is 3.51. The monoisotopic (exact) mass is 419 g/mol. The zero-order valence-electron chi connectivity index (χ0n) is 11.4. The molecule has 1 aliphatic carbocycles. The van der Waals surface area contributed by atoms with E-state index in [0.717, 1.165) is 8.95 Å². The number of carbonyl (C=O) groups excluding carboxylic acids is 1. The molecule has 0 saturated heterocycles. The number of anilines is 1. The average Bonchev–Trinajstić information content (AvgIpc) is 2.91. The minimum Gasteiger partial charge on any atom is -0.495 e. The molecule has 2 N–H and O–H groups in total. The summed E-state index contributed by atoms with van der Waals surface area (Å²) >= 11 is 6.75. The third kappa shape index (κ3) is 3.77. The van der Waals surface area contributed by atoms with Gasteiger partial charge in [0, 0.05) is 16.5 Å². The second-order valence-corrected chi connectivity index (χ2v) is 6.71. The van der Waals surface area contributed by atoms with Crippen molar-refractivity contribution in [3.8, 4) is 5.75 Å². The molecule has 1 aliphatic rings. The van der Waals surface area contributed by atoms with Crippen LogP contribution in [0.2, 0.25) is 0 Å². The SMILES string of the molecule is COc1cc(NC(=O)[C@@H]2CC[C@H](C(=O)O)C2)c(Br)cc1Br. The van der Waals surface area contributed by atoms with E-state index in [-0.39, 0.29) is 11.8 Å². The van der Waals surface area contributed by atoms with E-state index >= 15 is 0 Å². The summed E-state index contributed by atoms with van der Waals surface area (Å²) in [6.07, 6.45) is 1.55. The highest BCUT2D eigenvalue weighted by Gasteiger charge is 2.34.